The predicted molar refractivity (Wildman–Crippen MR) is 72.8 cm³/mol. The Morgan fingerprint density at radius 2 is 2.16 bits per heavy atom. The van der Waals surface area contributed by atoms with E-state index in [1.807, 2.05) is 6.92 Å². The first-order valence-corrected chi connectivity index (χ1v) is 6.58. The molecule has 0 spiro atoms. The Kier molecular flexibility index (Phi) is 6.36. The van der Waals surface area contributed by atoms with Crippen LogP contribution in [0.15, 0.2) is 18.2 Å². The van der Waals surface area contributed by atoms with Crippen molar-refractivity contribution in [1.29, 1.82) is 0 Å². The molecule has 0 aliphatic rings. The maximum atomic E-state index is 11.7. The van der Waals surface area contributed by atoms with Gasteiger partial charge in [-0.1, -0.05) is 24.9 Å². The van der Waals surface area contributed by atoms with Crippen LogP contribution in [0.3, 0.4) is 0 Å². The Morgan fingerprint density at radius 3 is 2.68 bits per heavy atom. The van der Waals surface area contributed by atoms with Gasteiger partial charge >= 0.3 is 5.97 Å². The van der Waals surface area contributed by atoms with E-state index in [0.29, 0.717) is 35.6 Å². The maximum absolute atomic E-state index is 11.7. The molecular formula is C14H17ClO4. The minimum Gasteiger partial charge on any atom is -0.477 e. The quantitative estimate of drug-likeness (QED) is 0.570. The molecule has 5 heteroatoms. The summed E-state index contributed by atoms with van der Waals surface area (Å²) < 4.78 is 10.5. The zero-order valence-electron chi connectivity index (χ0n) is 11.0. The number of esters is 1. The SMILES string of the molecule is CCCC(Oc1ccc(C=O)cc1Cl)C(=O)OCC. The van der Waals surface area contributed by atoms with E-state index in [9.17, 15) is 9.59 Å². The predicted octanol–water partition coefficient (Wildman–Crippen LogP) is 3.26. The second-order valence-corrected chi connectivity index (χ2v) is 4.36. The molecular weight excluding hydrogens is 268 g/mol. The Bertz CT molecular complexity index is 445. The van der Waals surface area contributed by atoms with Crippen LogP contribution in [0.4, 0.5) is 0 Å². The standard InChI is InChI=1S/C14H17ClO4/c1-3-5-13(14(17)18-4-2)19-12-7-6-10(9-16)8-11(12)15/h6-9,13H,3-5H2,1-2H3. The van der Waals surface area contributed by atoms with Gasteiger partial charge in [-0.25, -0.2) is 4.79 Å². The van der Waals surface area contributed by atoms with Gasteiger partial charge in [0.05, 0.1) is 11.6 Å². The molecule has 104 valence electrons. The summed E-state index contributed by atoms with van der Waals surface area (Å²) in [5, 5.41) is 0.301. The highest BCUT2D eigenvalue weighted by Crippen LogP contribution is 2.27. The molecule has 0 amide bonds. The molecule has 1 atom stereocenters. The summed E-state index contributed by atoms with van der Waals surface area (Å²) in [6, 6.07) is 4.66. The number of aldehydes is 1. The van der Waals surface area contributed by atoms with Crippen LogP contribution >= 0.6 is 11.6 Å². The van der Waals surface area contributed by atoms with Gasteiger partial charge in [-0.2, -0.15) is 0 Å². The molecule has 0 saturated carbocycles. The zero-order chi connectivity index (χ0) is 14.3. The van der Waals surface area contributed by atoms with Crippen LogP contribution < -0.4 is 4.74 Å². The summed E-state index contributed by atoms with van der Waals surface area (Å²) in [6.07, 6.45) is 1.35. The molecule has 1 aromatic carbocycles. The van der Waals surface area contributed by atoms with E-state index in [0.717, 1.165) is 6.42 Å². The zero-order valence-corrected chi connectivity index (χ0v) is 11.8. The van der Waals surface area contributed by atoms with E-state index in [1.54, 1.807) is 19.1 Å². The van der Waals surface area contributed by atoms with Crippen molar-refractivity contribution in [3.05, 3.63) is 28.8 Å². The fourth-order valence-corrected chi connectivity index (χ4v) is 1.80. The number of carbonyl (C=O) groups excluding carboxylic acids is 2. The molecule has 0 bridgehead atoms. The van der Waals surface area contributed by atoms with Crippen molar-refractivity contribution in [3.63, 3.8) is 0 Å². The number of rotatable bonds is 7. The summed E-state index contributed by atoms with van der Waals surface area (Å²) in [7, 11) is 0. The van der Waals surface area contributed by atoms with E-state index < -0.39 is 12.1 Å². The van der Waals surface area contributed by atoms with Gasteiger partial charge in [0.1, 0.15) is 12.0 Å². The van der Waals surface area contributed by atoms with Crippen LogP contribution in [0.25, 0.3) is 0 Å². The molecule has 0 heterocycles. The first kappa shape index (κ1) is 15.5. The van der Waals surface area contributed by atoms with Crippen LogP contribution in [0.1, 0.15) is 37.0 Å². The van der Waals surface area contributed by atoms with E-state index >= 15 is 0 Å². The van der Waals surface area contributed by atoms with Crippen LogP contribution in [-0.4, -0.2) is 25.0 Å². The third kappa shape index (κ3) is 4.56. The molecule has 0 aliphatic heterocycles. The summed E-state index contributed by atoms with van der Waals surface area (Å²) in [5.41, 5.74) is 0.459. The van der Waals surface area contributed by atoms with Crippen molar-refractivity contribution in [1.82, 2.24) is 0 Å². The maximum Gasteiger partial charge on any atom is 0.347 e. The monoisotopic (exact) mass is 284 g/mol. The summed E-state index contributed by atoms with van der Waals surface area (Å²) in [5.74, 6) is -0.0290. The lowest BCUT2D eigenvalue weighted by Gasteiger charge is -2.17. The highest BCUT2D eigenvalue weighted by molar-refractivity contribution is 6.32. The van der Waals surface area contributed by atoms with Crippen molar-refractivity contribution in [3.8, 4) is 5.75 Å². The first-order valence-electron chi connectivity index (χ1n) is 6.20. The lowest BCUT2D eigenvalue weighted by molar-refractivity contribution is -0.151. The van der Waals surface area contributed by atoms with Gasteiger partial charge in [-0.15, -0.1) is 0 Å². The van der Waals surface area contributed by atoms with Crippen LogP contribution in [-0.2, 0) is 9.53 Å². The van der Waals surface area contributed by atoms with Gasteiger partial charge < -0.3 is 9.47 Å². The van der Waals surface area contributed by atoms with Crippen LogP contribution in [0, 0.1) is 0 Å². The average molecular weight is 285 g/mol. The van der Waals surface area contributed by atoms with E-state index in [4.69, 9.17) is 21.1 Å². The van der Waals surface area contributed by atoms with Crippen molar-refractivity contribution in [2.45, 2.75) is 32.8 Å². The van der Waals surface area contributed by atoms with Gasteiger partial charge in [0.15, 0.2) is 6.10 Å². The molecule has 0 radical (unpaired) electrons. The third-order valence-electron chi connectivity index (χ3n) is 2.46. The Hall–Kier alpha value is -1.55. The van der Waals surface area contributed by atoms with Crippen LogP contribution in [0.2, 0.25) is 5.02 Å². The lowest BCUT2D eigenvalue weighted by Crippen LogP contribution is -2.29. The average Bonchev–Trinajstić information content (AvgIpc) is 2.40. The van der Waals surface area contributed by atoms with Crippen LogP contribution in [0.5, 0.6) is 5.75 Å². The number of benzene rings is 1. The van der Waals surface area contributed by atoms with E-state index in [-0.39, 0.29) is 0 Å². The Balaban J connectivity index is 2.83. The van der Waals surface area contributed by atoms with Gasteiger partial charge in [-0.05, 0) is 31.5 Å². The minimum atomic E-state index is -0.676. The highest BCUT2D eigenvalue weighted by atomic mass is 35.5. The fraction of sp³-hybridized carbons (Fsp3) is 0.429. The van der Waals surface area contributed by atoms with Gasteiger partial charge in [0, 0.05) is 5.56 Å². The fourth-order valence-electron chi connectivity index (χ4n) is 1.56. The lowest BCUT2D eigenvalue weighted by atomic mass is 10.2. The molecule has 0 saturated heterocycles. The normalized spacial score (nSPS) is 11.7. The number of ether oxygens (including phenoxy) is 2. The molecule has 19 heavy (non-hydrogen) atoms. The summed E-state index contributed by atoms with van der Waals surface area (Å²) >= 11 is 6.00. The molecule has 0 N–H and O–H groups in total. The Labute approximate surface area is 117 Å². The molecule has 0 fully saturated rings. The number of carbonyl (C=O) groups is 2. The molecule has 4 nitrogen and oxygen atoms in total. The molecule has 1 aromatic rings. The largest absolute Gasteiger partial charge is 0.477 e. The topological polar surface area (TPSA) is 52.6 Å². The number of hydrogen-bond acceptors (Lipinski definition) is 4. The highest BCUT2D eigenvalue weighted by Gasteiger charge is 2.21. The number of halogens is 1. The summed E-state index contributed by atoms with van der Waals surface area (Å²) in [4.78, 5) is 22.3. The van der Waals surface area contributed by atoms with Gasteiger partial charge in [-0.3, -0.25) is 4.79 Å². The van der Waals surface area contributed by atoms with E-state index in [1.165, 1.54) is 6.07 Å². The third-order valence-corrected chi connectivity index (χ3v) is 2.76. The van der Waals surface area contributed by atoms with Crippen molar-refractivity contribution < 1.29 is 19.1 Å². The second kappa shape index (κ2) is 7.79. The number of hydrogen-bond donors (Lipinski definition) is 0. The molecule has 1 unspecified atom stereocenters. The van der Waals surface area contributed by atoms with Crippen molar-refractivity contribution in [2.24, 2.45) is 0 Å². The molecule has 1 rings (SSSR count). The Morgan fingerprint density at radius 1 is 1.42 bits per heavy atom. The van der Waals surface area contributed by atoms with Crippen molar-refractivity contribution >= 4 is 23.9 Å². The molecule has 0 aromatic heterocycles. The van der Waals surface area contributed by atoms with Gasteiger partial charge in [0.25, 0.3) is 0 Å². The smallest absolute Gasteiger partial charge is 0.347 e. The van der Waals surface area contributed by atoms with Gasteiger partial charge in [0.2, 0.25) is 0 Å². The van der Waals surface area contributed by atoms with Crippen molar-refractivity contribution in [2.75, 3.05) is 6.61 Å². The minimum absolute atomic E-state index is 0.301. The molecule has 0 aliphatic carbocycles. The van der Waals surface area contributed by atoms with E-state index in [2.05, 4.69) is 0 Å². The summed E-state index contributed by atoms with van der Waals surface area (Å²) in [6.45, 7) is 4.00. The second-order valence-electron chi connectivity index (χ2n) is 3.95. The first-order chi connectivity index (χ1) is 9.12.